The second-order valence-corrected chi connectivity index (χ2v) is 5.64. The van der Waals surface area contributed by atoms with Crippen LogP contribution in [-0.2, 0) is 6.54 Å². The van der Waals surface area contributed by atoms with Crippen LogP contribution in [-0.4, -0.2) is 26.3 Å². The van der Waals surface area contributed by atoms with Gasteiger partial charge in [0.05, 0.1) is 0 Å². The zero-order valence-corrected chi connectivity index (χ0v) is 13.0. The molecule has 2 aliphatic rings. The summed E-state index contributed by atoms with van der Waals surface area (Å²) >= 11 is 0. The van der Waals surface area contributed by atoms with Crippen LogP contribution in [0, 0.1) is 5.92 Å². The quantitative estimate of drug-likeness (QED) is 0.509. The van der Waals surface area contributed by atoms with Crippen molar-refractivity contribution in [3.8, 4) is 11.5 Å². The molecule has 0 fully saturated rings. The molecule has 22 heavy (non-hydrogen) atoms. The number of ether oxygens (including phenoxy) is 2. The Bertz CT molecular complexity index is 569. The van der Waals surface area contributed by atoms with Gasteiger partial charge in [-0.3, -0.25) is 4.99 Å². The smallest absolute Gasteiger partial charge is 0.231 e. The molecule has 0 spiro atoms. The van der Waals surface area contributed by atoms with E-state index in [1.54, 1.807) is 7.05 Å². The number of hydrogen-bond donors (Lipinski definition) is 2. The molecule has 3 rings (SSSR count). The first-order valence-corrected chi connectivity index (χ1v) is 7.83. The summed E-state index contributed by atoms with van der Waals surface area (Å²) in [5.41, 5.74) is 1.15. The summed E-state index contributed by atoms with van der Waals surface area (Å²) in [5, 5.41) is 6.75. The fraction of sp³-hybridized carbons (Fsp3) is 0.471. The lowest BCUT2D eigenvalue weighted by molar-refractivity contribution is 0.174. The largest absolute Gasteiger partial charge is 0.454 e. The Labute approximate surface area is 131 Å². The number of fused-ring (bicyclic) bond motifs is 1. The number of rotatable bonds is 4. The predicted octanol–water partition coefficient (Wildman–Crippen LogP) is 2.44. The van der Waals surface area contributed by atoms with Crippen molar-refractivity contribution in [2.45, 2.75) is 25.8 Å². The fourth-order valence-corrected chi connectivity index (χ4v) is 2.74. The average molecular weight is 301 g/mol. The molecule has 118 valence electrons. The van der Waals surface area contributed by atoms with Crippen molar-refractivity contribution in [3.05, 3.63) is 35.9 Å². The maximum Gasteiger partial charge on any atom is 0.231 e. The summed E-state index contributed by atoms with van der Waals surface area (Å²) in [6, 6.07) is 6.00. The van der Waals surface area contributed by atoms with E-state index in [4.69, 9.17) is 9.47 Å². The van der Waals surface area contributed by atoms with E-state index in [0.29, 0.717) is 19.3 Å². The molecule has 1 aromatic rings. The SMILES string of the molecule is CN=C(NCc1ccc2c(c1)OCO2)NCC1CC=CCC1. The number of hydrogen-bond acceptors (Lipinski definition) is 3. The number of nitrogens with one attached hydrogen (secondary N) is 2. The van der Waals surface area contributed by atoms with E-state index in [9.17, 15) is 0 Å². The molecule has 1 aromatic carbocycles. The third kappa shape index (κ3) is 3.72. The van der Waals surface area contributed by atoms with Crippen LogP contribution >= 0.6 is 0 Å². The molecule has 5 nitrogen and oxygen atoms in total. The van der Waals surface area contributed by atoms with Crippen molar-refractivity contribution in [1.82, 2.24) is 10.6 Å². The van der Waals surface area contributed by atoms with Crippen LogP contribution in [0.25, 0.3) is 0 Å². The lowest BCUT2D eigenvalue weighted by Gasteiger charge is -2.20. The van der Waals surface area contributed by atoms with Crippen molar-refractivity contribution in [3.63, 3.8) is 0 Å². The summed E-state index contributed by atoms with van der Waals surface area (Å²) in [5.74, 6) is 3.18. The molecule has 0 bridgehead atoms. The summed E-state index contributed by atoms with van der Waals surface area (Å²) in [6.45, 7) is 1.98. The van der Waals surface area contributed by atoms with E-state index in [2.05, 4.69) is 27.8 Å². The summed E-state index contributed by atoms with van der Waals surface area (Å²) in [7, 11) is 1.80. The lowest BCUT2D eigenvalue weighted by atomic mass is 9.94. The molecule has 1 heterocycles. The van der Waals surface area contributed by atoms with Crippen molar-refractivity contribution >= 4 is 5.96 Å². The van der Waals surface area contributed by atoms with Gasteiger partial charge in [-0.15, -0.1) is 0 Å². The van der Waals surface area contributed by atoms with Crippen molar-refractivity contribution in [2.75, 3.05) is 20.4 Å². The molecule has 5 heteroatoms. The van der Waals surface area contributed by atoms with Gasteiger partial charge in [-0.2, -0.15) is 0 Å². The summed E-state index contributed by atoms with van der Waals surface area (Å²) in [4.78, 5) is 4.28. The first-order valence-electron chi connectivity index (χ1n) is 7.83. The van der Waals surface area contributed by atoms with Crippen LogP contribution in [0.3, 0.4) is 0 Å². The van der Waals surface area contributed by atoms with Gasteiger partial charge in [0.2, 0.25) is 6.79 Å². The highest BCUT2D eigenvalue weighted by Gasteiger charge is 2.13. The van der Waals surface area contributed by atoms with Crippen LogP contribution in [0.5, 0.6) is 11.5 Å². The fourth-order valence-electron chi connectivity index (χ4n) is 2.74. The zero-order chi connectivity index (χ0) is 15.2. The van der Waals surface area contributed by atoms with Crippen LogP contribution in [0.4, 0.5) is 0 Å². The van der Waals surface area contributed by atoms with Crippen molar-refractivity contribution in [1.29, 1.82) is 0 Å². The molecular formula is C17H23N3O2. The van der Waals surface area contributed by atoms with Gasteiger partial charge >= 0.3 is 0 Å². The molecule has 0 amide bonds. The van der Waals surface area contributed by atoms with E-state index >= 15 is 0 Å². The molecule has 1 atom stereocenters. The normalized spacial score (nSPS) is 20.0. The molecule has 0 radical (unpaired) electrons. The van der Waals surface area contributed by atoms with Gasteiger partial charge in [-0.1, -0.05) is 18.2 Å². The molecule has 0 saturated carbocycles. The van der Waals surface area contributed by atoms with Crippen LogP contribution in [0.15, 0.2) is 35.3 Å². The average Bonchev–Trinajstić information content (AvgIpc) is 3.03. The zero-order valence-electron chi connectivity index (χ0n) is 13.0. The van der Waals surface area contributed by atoms with Gasteiger partial charge in [0, 0.05) is 20.1 Å². The topological polar surface area (TPSA) is 54.9 Å². The molecule has 0 aromatic heterocycles. The number of nitrogens with zero attached hydrogens (tertiary/aromatic N) is 1. The minimum Gasteiger partial charge on any atom is -0.454 e. The Morgan fingerprint density at radius 2 is 2.14 bits per heavy atom. The predicted molar refractivity (Wildman–Crippen MR) is 87.2 cm³/mol. The maximum absolute atomic E-state index is 5.40. The van der Waals surface area contributed by atoms with Crippen LogP contribution in [0.1, 0.15) is 24.8 Å². The highest BCUT2D eigenvalue weighted by atomic mass is 16.7. The maximum atomic E-state index is 5.40. The molecule has 0 saturated heterocycles. The number of guanidine groups is 1. The summed E-state index contributed by atoms with van der Waals surface area (Å²) < 4.78 is 10.7. The highest BCUT2D eigenvalue weighted by Crippen LogP contribution is 2.32. The second-order valence-electron chi connectivity index (χ2n) is 5.64. The third-order valence-corrected chi connectivity index (χ3v) is 4.06. The molecule has 2 N–H and O–H groups in total. The van der Waals surface area contributed by atoms with E-state index in [0.717, 1.165) is 36.0 Å². The lowest BCUT2D eigenvalue weighted by Crippen LogP contribution is -2.39. The van der Waals surface area contributed by atoms with Gasteiger partial charge < -0.3 is 20.1 Å². The van der Waals surface area contributed by atoms with Gasteiger partial charge in [0.15, 0.2) is 17.5 Å². The Morgan fingerprint density at radius 3 is 2.95 bits per heavy atom. The van der Waals surface area contributed by atoms with Crippen LogP contribution < -0.4 is 20.1 Å². The standard InChI is InChI=1S/C17H23N3O2/c1-18-17(19-10-13-5-3-2-4-6-13)20-11-14-7-8-15-16(9-14)22-12-21-15/h2-3,7-9,13H,4-6,10-12H2,1H3,(H2,18,19,20). The Hall–Kier alpha value is -2.17. The summed E-state index contributed by atoms with van der Waals surface area (Å²) in [6.07, 6.45) is 8.15. The molecule has 1 unspecified atom stereocenters. The Balaban J connectivity index is 1.47. The van der Waals surface area contributed by atoms with Gasteiger partial charge in [-0.25, -0.2) is 0 Å². The van der Waals surface area contributed by atoms with Gasteiger partial charge in [0.1, 0.15) is 0 Å². The Kier molecular flexibility index (Phi) is 4.83. The van der Waals surface area contributed by atoms with Crippen LogP contribution in [0.2, 0.25) is 0 Å². The van der Waals surface area contributed by atoms with E-state index in [1.807, 2.05) is 18.2 Å². The number of allylic oxidation sites excluding steroid dienone is 2. The van der Waals surface area contributed by atoms with Crippen molar-refractivity contribution in [2.24, 2.45) is 10.9 Å². The minimum atomic E-state index is 0.311. The van der Waals surface area contributed by atoms with E-state index in [1.165, 1.54) is 12.8 Å². The highest BCUT2D eigenvalue weighted by molar-refractivity contribution is 5.79. The third-order valence-electron chi connectivity index (χ3n) is 4.06. The monoisotopic (exact) mass is 301 g/mol. The van der Waals surface area contributed by atoms with E-state index in [-0.39, 0.29) is 0 Å². The Morgan fingerprint density at radius 1 is 1.23 bits per heavy atom. The minimum absolute atomic E-state index is 0.311. The first kappa shape index (κ1) is 14.8. The van der Waals surface area contributed by atoms with Gasteiger partial charge in [-0.05, 0) is 42.9 Å². The number of benzene rings is 1. The van der Waals surface area contributed by atoms with E-state index < -0.39 is 0 Å². The van der Waals surface area contributed by atoms with Gasteiger partial charge in [0.25, 0.3) is 0 Å². The second kappa shape index (κ2) is 7.20. The molecule has 1 aliphatic heterocycles. The number of aliphatic imine (C=N–C) groups is 1. The molecule has 1 aliphatic carbocycles. The molecular weight excluding hydrogens is 278 g/mol. The first-order chi connectivity index (χ1) is 10.8. The van der Waals surface area contributed by atoms with Crippen molar-refractivity contribution < 1.29 is 9.47 Å².